The third kappa shape index (κ3) is 4.81. The lowest BCUT2D eigenvalue weighted by atomic mass is 9.75. The minimum Gasteiger partial charge on any atom is -0.493 e. The maximum absolute atomic E-state index is 10.9. The van der Waals surface area contributed by atoms with Gasteiger partial charge in [-0.1, -0.05) is 20.8 Å². The van der Waals surface area contributed by atoms with E-state index >= 15 is 0 Å². The highest BCUT2D eigenvalue weighted by Crippen LogP contribution is 2.44. The number of nitrogens with zero attached hydrogens (tertiary/aromatic N) is 1. The van der Waals surface area contributed by atoms with Crippen LogP contribution in [0.15, 0.2) is 12.1 Å². The lowest BCUT2D eigenvalue weighted by Crippen LogP contribution is -2.48. The fourth-order valence-electron chi connectivity index (χ4n) is 4.63. The molecule has 5 heteroatoms. The fraction of sp³-hybridized carbons (Fsp3) is 0.739. The van der Waals surface area contributed by atoms with Gasteiger partial charge in [-0.25, -0.2) is 0 Å². The third-order valence-corrected chi connectivity index (χ3v) is 6.12. The van der Waals surface area contributed by atoms with Crippen molar-refractivity contribution in [2.24, 2.45) is 11.3 Å². The van der Waals surface area contributed by atoms with Crippen LogP contribution in [0, 0.1) is 11.3 Å². The molecule has 0 amide bonds. The second kappa shape index (κ2) is 8.60. The van der Waals surface area contributed by atoms with Gasteiger partial charge >= 0.3 is 0 Å². The van der Waals surface area contributed by atoms with E-state index in [9.17, 15) is 5.11 Å². The maximum Gasteiger partial charge on any atom is 0.161 e. The summed E-state index contributed by atoms with van der Waals surface area (Å²) in [6.07, 6.45) is 2.63. The van der Waals surface area contributed by atoms with Crippen LogP contribution in [0.5, 0.6) is 11.5 Å². The van der Waals surface area contributed by atoms with Gasteiger partial charge in [0, 0.05) is 26.2 Å². The van der Waals surface area contributed by atoms with Crippen molar-refractivity contribution in [3.8, 4) is 11.5 Å². The molecule has 2 heterocycles. The molecule has 4 atom stereocenters. The Kier molecular flexibility index (Phi) is 6.58. The minimum atomic E-state index is -0.254. The first-order valence-electron chi connectivity index (χ1n) is 10.5. The summed E-state index contributed by atoms with van der Waals surface area (Å²) in [6, 6.07) is 4.51. The number of ether oxygens (including phenoxy) is 3. The molecule has 0 aromatic heterocycles. The van der Waals surface area contributed by atoms with Crippen molar-refractivity contribution in [3.63, 3.8) is 0 Å². The quantitative estimate of drug-likeness (QED) is 0.799. The van der Waals surface area contributed by atoms with Crippen LogP contribution in [0.4, 0.5) is 0 Å². The molecule has 1 aromatic rings. The number of aliphatic hydroxyl groups is 1. The smallest absolute Gasteiger partial charge is 0.161 e. The van der Waals surface area contributed by atoms with Gasteiger partial charge in [-0.2, -0.15) is 0 Å². The molecule has 2 aliphatic heterocycles. The van der Waals surface area contributed by atoms with Gasteiger partial charge in [-0.05, 0) is 60.8 Å². The Balaban J connectivity index is 1.80. The summed E-state index contributed by atoms with van der Waals surface area (Å²) in [5.41, 5.74) is 2.83. The van der Waals surface area contributed by atoms with E-state index in [0.717, 1.165) is 43.9 Å². The van der Waals surface area contributed by atoms with E-state index in [4.69, 9.17) is 14.2 Å². The summed E-state index contributed by atoms with van der Waals surface area (Å²) >= 11 is 0. The summed E-state index contributed by atoms with van der Waals surface area (Å²) < 4.78 is 16.9. The molecule has 3 rings (SSSR count). The standard InChI is InChI=1S/C23H37NO4/c1-15(26-5)14-28-22-9-16-7-8-24-13-17(12-23(2,3)4)20(25)11-19(24)18(16)10-21(22)27-6/h9-10,15,17,19-20,25H,7-8,11-14H2,1-6H3/t15-,17+,19+,20+/m0/s1. The van der Waals surface area contributed by atoms with E-state index in [-0.39, 0.29) is 23.7 Å². The van der Waals surface area contributed by atoms with Crippen molar-refractivity contribution in [2.75, 3.05) is 33.9 Å². The molecule has 0 aliphatic carbocycles. The Labute approximate surface area is 170 Å². The molecule has 0 saturated carbocycles. The van der Waals surface area contributed by atoms with E-state index in [1.807, 2.05) is 6.92 Å². The van der Waals surface area contributed by atoms with Crippen LogP contribution in [-0.2, 0) is 11.2 Å². The summed E-state index contributed by atoms with van der Waals surface area (Å²) in [4.78, 5) is 2.55. The molecule has 5 nitrogen and oxygen atoms in total. The molecule has 0 bridgehead atoms. The number of rotatable bonds is 6. The largest absolute Gasteiger partial charge is 0.493 e. The normalized spacial score (nSPS) is 26.3. The number of benzene rings is 1. The molecular weight excluding hydrogens is 354 g/mol. The van der Waals surface area contributed by atoms with Gasteiger partial charge in [0.05, 0.1) is 19.3 Å². The average Bonchev–Trinajstić information content (AvgIpc) is 2.64. The third-order valence-electron chi connectivity index (χ3n) is 6.12. The predicted octanol–water partition coefficient (Wildman–Crippen LogP) is 3.83. The highest BCUT2D eigenvalue weighted by Gasteiger charge is 2.39. The first-order valence-corrected chi connectivity index (χ1v) is 10.5. The second-order valence-electron chi connectivity index (χ2n) is 9.65. The summed E-state index contributed by atoms with van der Waals surface area (Å²) in [5, 5.41) is 10.9. The number of hydrogen-bond acceptors (Lipinski definition) is 5. The molecule has 0 radical (unpaired) electrons. The molecule has 1 fully saturated rings. The molecule has 158 valence electrons. The SMILES string of the molecule is COc1cc2c(cc1OC[C@H](C)OC)CCN1C[C@@H](CC(C)(C)C)[C@H](O)C[C@H]21. The first-order chi connectivity index (χ1) is 13.2. The number of aliphatic hydroxyl groups excluding tert-OH is 1. The molecule has 2 aliphatic rings. The van der Waals surface area contributed by atoms with E-state index in [1.54, 1.807) is 14.2 Å². The minimum absolute atomic E-state index is 0.0319. The molecular formula is C23H37NO4. The zero-order valence-electron chi connectivity index (χ0n) is 18.3. The van der Waals surface area contributed by atoms with Gasteiger partial charge in [0.2, 0.25) is 0 Å². The van der Waals surface area contributed by atoms with Crippen molar-refractivity contribution in [1.82, 2.24) is 4.90 Å². The van der Waals surface area contributed by atoms with Crippen molar-refractivity contribution in [1.29, 1.82) is 0 Å². The lowest BCUT2D eigenvalue weighted by molar-refractivity contribution is -0.0259. The van der Waals surface area contributed by atoms with Crippen LogP contribution in [0.2, 0.25) is 0 Å². The summed E-state index contributed by atoms with van der Waals surface area (Å²) in [5.74, 6) is 1.88. The van der Waals surface area contributed by atoms with Crippen molar-refractivity contribution in [2.45, 2.75) is 65.2 Å². The van der Waals surface area contributed by atoms with Crippen LogP contribution in [0.25, 0.3) is 0 Å². The van der Waals surface area contributed by atoms with E-state index in [1.165, 1.54) is 11.1 Å². The topological polar surface area (TPSA) is 51.2 Å². The van der Waals surface area contributed by atoms with Gasteiger partial charge in [0.25, 0.3) is 0 Å². The van der Waals surface area contributed by atoms with E-state index in [2.05, 4.69) is 37.8 Å². The Hall–Kier alpha value is -1.30. The average molecular weight is 392 g/mol. The number of methoxy groups -OCH3 is 2. The van der Waals surface area contributed by atoms with Crippen molar-refractivity contribution < 1.29 is 19.3 Å². The van der Waals surface area contributed by atoms with Crippen molar-refractivity contribution in [3.05, 3.63) is 23.3 Å². The van der Waals surface area contributed by atoms with E-state index < -0.39 is 0 Å². The van der Waals surface area contributed by atoms with Gasteiger partial charge in [-0.3, -0.25) is 4.90 Å². The van der Waals surface area contributed by atoms with Gasteiger partial charge in [-0.15, -0.1) is 0 Å². The van der Waals surface area contributed by atoms with Gasteiger partial charge < -0.3 is 19.3 Å². The Morgan fingerprint density at radius 1 is 1.21 bits per heavy atom. The predicted molar refractivity (Wildman–Crippen MR) is 111 cm³/mol. The second-order valence-corrected chi connectivity index (χ2v) is 9.65. The highest BCUT2D eigenvalue weighted by atomic mass is 16.5. The molecule has 1 aromatic carbocycles. The Morgan fingerprint density at radius 2 is 1.96 bits per heavy atom. The van der Waals surface area contributed by atoms with Crippen LogP contribution in [-0.4, -0.2) is 56.1 Å². The summed E-state index contributed by atoms with van der Waals surface area (Å²) in [7, 11) is 3.37. The van der Waals surface area contributed by atoms with Gasteiger partial charge in [0.15, 0.2) is 11.5 Å². The summed E-state index contributed by atoms with van der Waals surface area (Å²) in [6.45, 7) is 11.3. The molecule has 0 spiro atoms. The fourth-order valence-corrected chi connectivity index (χ4v) is 4.63. The van der Waals surface area contributed by atoms with Crippen LogP contribution in [0.3, 0.4) is 0 Å². The monoisotopic (exact) mass is 391 g/mol. The molecule has 1 saturated heterocycles. The van der Waals surface area contributed by atoms with Crippen LogP contribution >= 0.6 is 0 Å². The number of piperidine rings is 1. The van der Waals surface area contributed by atoms with E-state index in [0.29, 0.717) is 12.5 Å². The molecule has 0 unspecified atom stereocenters. The number of fused-ring (bicyclic) bond motifs is 3. The van der Waals surface area contributed by atoms with Crippen LogP contribution in [0.1, 0.15) is 57.7 Å². The van der Waals surface area contributed by atoms with Crippen molar-refractivity contribution >= 4 is 0 Å². The zero-order chi connectivity index (χ0) is 20.5. The Morgan fingerprint density at radius 3 is 2.61 bits per heavy atom. The Bertz CT molecular complexity index is 669. The highest BCUT2D eigenvalue weighted by molar-refractivity contribution is 5.49. The maximum atomic E-state index is 10.9. The van der Waals surface area contributed by atoms with Gasteiger partial charge in [0.1, 0.15) is 6.61 Å². The van der Waals surface area contributed by atoms with Crippen LogP contribution < -0.4 is 9.47 Å². The molecule has 28 heavy (non-hydrogen) atoms. The first kappa shape index (κ1) is 21.4. The lowest BCUT2D eigenvalue weighted by Gasteiger charge is -2.47. The number of hydrogen-bond donors (Lipinski definition) is 1. The molecule has 1 N–H and O–H groups in total. The zero-order valence-corrected chi connectivity index (χ0v) is 18.3.